The molecule has 150 valence electrons. The Labute approximate surface area is 170 Å². The normalized spacial score (nSPS) is 11.8. The van der Waals surface area contributed by atoms with Crippen molar-refractivity contribution in [3.8, 4) is 17.2 Å². The summed E-state index contributed by atoms with van der Waals surface area (Å²) >= 11 is 6.13. The van der Waals surface area contributed by atoms with Gasteiger partial charge in [-0.05, 0) is 56.7 Å². The number of carbonyl (C=O) groups is 1. The quantitative estimate of drug-likeness (QED) is 0.374. The first kappa shape index (κ1) is 21.6. The molecule has 0 heterocycles. The van der Waals surface area contributed by atoms with Crippen molar-refractivity contribution in [1.29, 1.82) is 0 Å². The van der Waals surface area contributed by atoms with Gasteiger partial charge in [0.05, 0.1) is 31.9 Å². The van der Waals surface area contributed by atoms with Crippen molar-refractivity contribution >= 4 is 29.2 Å². The zero-order valence-corrected chi connectivity index (χ0v) is 17.7. The number of halogens is 1. The standard InChI is InChI=1S/C22H25ClO5/c1-22(2,3)28-21(24)17(14-8-10-18(23)20(12-14)27-6)11-15-7-9-16(25-4)13-19(15)26-5/h7-13H,1-6H3/b17-11-. The summed E-state index contributed by atoms with van der Waals surface area (Å²) in [4.78, 5) is 12.9. The summed E-state index contributed by atoms with van der Waals surface area (Å²) in [5.41, 5.74) is 1.04. The predicted molar refractivity (Wildman–Crippen MR) is 111 cm³/mol. The Kier molecular flexibility index (Phi) is 6.97. The molecule has 0 aliphatic heterocycles. The van der Waals surface area contributed by atoms with Crippen molar-refractivity contribution in [2.24, 2.45) is 0 Å². The molecule has 0 N–H and O–H groups in total. The van der Waals surface area contributed by atoms with Gasteiger partial charge in [0.15, 0.2) is 0 Å². The van der Waals surface area contributed by atoms with Gasteiger partial charge in [0, 0.05) is 11.6 Å². The zero-order valence-electron chi connectivity index (χ0n) is 17.0. The molecular formula is C22H25ClO5. The number of hydrogen-bond donors (Lipinski definition) is 0. The first-order valence-electron chi connectivity index (χ1n) is 8.69. The van der Waals surface area contributed by atoms with Crippen molar-refractivity contribution in [3.63, 3.8) is 0 Å². The number of rotatable bonds is 6. The molecule has 0 saturated heterocycles. The van der Waals surface area contributed by atoms with Gasteiger partial charge < -0.3 is 18.9 Å². The maximum Gasteiger partial charge on any atom is 0.339 e. The van der Waals surface area contributed by atoms with Gasteiger partial charge in [-0.1, -0.05) is 17.7 Å². The van der Waals surface area contributed by atoms with Crippen LogP contribution in [-0.4, -0.2) is 32.9 Å². The number of methoxy groups -OCH3 is 3. The summed E-state index contributed by atoms with van der Waals surface area (Å²) in [5, 5.41) is 0.455. The summed E-state index contributed by atoms with van der Waals surface area (Å²) in [6, 6.07) is 10.5. The number of benzene rings is 2. The van der Waals surface area contributed by atoms with Crippen LogP contribution in [0.5, 0.6) is 17.2 Å². The fraction of sp³-hybridized carbons (Fsp3) is 0.318. The zero-order chi connectivity index (χ0) is 20.9. The van der Waals surface area contributed by atoms with Crippen LogP contribution < -0.4 is 14.2 Å². The van der Waals surface area contributed by atoms with E-state index >= 15 is 0 Å². The highest BCUT2D eigenvalue weighted by molar-refractivity contribution is 6.32. The molecule has 2 aromatic rings. The molecule has 0 radical (unpaired) electrons. The van der Waals surface area contributed by atoms with E-state index in [0.29, 0.717) is 39.0 Å². The number of hydrogen-bond acceptors (Lipinski definition) is 5. The molecule has 0 atom stereocenters. The second kappa shape index (κ2) is 9.02. The molecule has 0 aromatic heterocycles. The van der Waals surface area contributed by atoms with Gasteiger partial charge in [-0.2, -0.15) is 0 Å². The second-order valence-electron chi connectivity index (χ2n) is 7.02. The third-order valence-electron chi connectivity index (χ3n) is 3.82. The van der Waals surface area contributed by atoms with E-state index in [9.17, 15) is 4.79 Å². The van der Waals surface area contributed by atoms with E-state index in [2.05, 4.69) is 0 Å². The minimum atomic E-state index is -0.642. The van der Waals surface area contributed by atoms with E-state index in [1.54, 1.807) is 50.6 Å². The maximum absolute atomic E-state index is 12.9. The molecule has 0 aliphatic carbocycles. The van der Waals surface area contributed by atoms with Crippen LogP contribution in [0.15, 0.2) is 36.4 Å². The van der Waals surface area contributed by atoms with Gasteiger partial charge in [0.1, 0.15) is 22.8 Å². The van der Waals surface area contributed by atoms with Crippen LogP contribution in [0.25, 0.3) is 11.6 Å². The summed E-state index contributed by atoms with van der Waals surface area (Å²) in [7, 11) is 4.66. The van der Waals surface area contributed by atoms with Crippen LogP contribution in [0.4, 0.5) is 0 Å². The molecule has 0 aliphatic rings. The van der Waals surface area contributed by atoms with Crippen molar-refractivity contribution in [2.45, 2.75) is 26.4 Å². The fourth-order valence-corrected chi connectivity index (χ4v) is 2.71. The van der Waals surface area contributed by atoms with Crippen LogP contribution in [0, 0.1) is 0 Å². The average Bonchev–Trinajstić information content (AvgIpc) is 2.65. The molecule has 0 amide bonds. The molecule has 2 rings (SSSR count). The average molecular weight is 405 g/mol. The Morgan fingerprint density at radius 3 is 2.18 bits per heavy atom. The first-order valence-corrected chi connectivity index (χ1v) is 9.07. The molecule has 5 nitrogen and oxygen atoms in total. The van der Waals surface area contributed by atoms with E-state index in [-0.39, 0.29) is 0 Å². The molecule has 0 unspecified atom stereocenters. The van der Waals surface area contributed by atoms with Gasteiger partial charge in [-0.3, -0.25) is 0 Å². The lowest BCUT2D eigenvalue weighted by atomic mass is 10.0. The molecular weight excluding hydrogens is 380 g/mol. The lowest BCUT2D eigenvalue weighted by Gasteiger charge is -2.21. The summed E-state index contributed by atoms with van der Waals surface area (Å²) in [6.07, 6.45) is 1.72. The molecule has 0 spiro atoms. The molecule has 28 heavy (non-hydrogen) atoms. The van der Waals surface area contributed by atoms with Gasteiger partial charge in [-0.15, -0.1) is 0 Å². The lowest BCUT2D eigenvalue weighted by Crippen LogP contribution is -2.24. The largest absolute Gasteiger partial charge is 0.497 e. The van der Waals surface area contributed by atoms with E-state index < -0.39 is 11.6 Å². The van der Waals surface area contributed by atoms with E-state index in [0.717, 1.165) is 0 Å². The van der Waals surface area contributed by atoms with Crippen LogP contribution >= 0.6 is 11.6 Å². The second-order valence-corrected chi connectivity index (χ2v) is 7.42. The smallest absolute Gasteiger partial charge is 0.339 e. The van der Waals surface area contributed by atoms with E-state index in [4.69, 9.17) is 30.5 Å². The Bertz CT molecular complexity index is 881. The van der Waals surface area contributed by atoms with Crippen molar-refractivity contribution in [1.82, 2.24) is 0 Å². The minimum Gasteiger partial charge on any atom is -0.497 e. The Balaban J connectivity index is 2.62. The Morgan fingerprint density at radius 1 is 0.929 bits per heavy atom. The third-order valence-corrected chi connectivity index (χ3v) is 4.13. The summed E-state index contributed by atoms with van der Waals surface area (Å²) in [6.45, 7) is 5.46. The van der Waals surface area contributed by atoms with Crippen molar-refractivity contribution < 1.29 is 23.7 Å². The van der Waals surface area contributed by atoms with Gasteiger partial charge in [-0.25, -0.2) is 4.79 Å². The molecule has 0 saturated carbocycles. The number of ether oxygens (including phenoxy) is 4. The fourth-order valence-electron chi connectivity index (χ4n) is 2.51. The van der Waals surface area contributed by atoms with Gasteiger partial charge in [0.2, 0.25) is 0 Å². The maximum atomic E-state index is 12.9. The molecule has 2 aromatic carbocycles. The van der Waals surface area contributed by atoms with Gasteiger partial charge in [0.25, 0.3) is 0 Å². The van der Waals surface area contributed by atoms with Crippen LogP contribution in [0.1, 0.15) is 31.9 Å². The SMILES string of the molecule is COc1ccc(/C=C(\C(=O)OC(C)(C)C)c2ccc(Cl)c(OC)c2)c(OC)c1. The first-order chi connectivity index (χ1) is 13.2. The highest BCUT2D eigenvalue weighted by atomic mass is 35.5. The van der Waals surface area contributed by atoms with Crippen LogP contribution in [-0.2, 0) is 9.53 Å². The highest BCUT2D eigenvalue weighted by Gasteiger charge is 2.22. The third kappa shape index (κ3) is 5.42. The van der Waals surface area contributed by atoms with E-state index in [1.807, 2.05) is 26.8 Å². The van der Waals surface area contributed by atoms with Crippen LogP contribution in [0.2, 0.25) is 5.02 Å². The number of carbonyl (C=O) groups excluding carboxylic acids is 1. The van der Waals surface area contributed by atoms with Crippen molar-refractivity contribution in [2.75, 3.05) is 21.3 Å². The summed E-state index contributed by atoms with van der Waals surface area (Å²) in [5.74, 6) is 1.23. The molecule has 6 heteroatoms. The molecule has 0 fully saturated rings. The Hall–Kier alpha value is -2.66. The summed E-state index contributed by atoms with van der Waals surface area (Å²) < 4.78 is 21.6. The molecule has 0 bridgehead atoms. The Morgan fingerprint density at radius 2 is 1.61 bits per heavy atom. The predicted octanol–water partition coefficient (Wildman–Crippen LogP) is 5.25. The monoisotopic (exact) mass is 404 g/mol. The van der Waals surface area contributed by atoms with E-state index in [1.165, 1.54) is 7.11 Å². The highest BCUT2D eigenvalue weighted by Crippen LogP contribution is 2.33. The van der Waals surface area contributed by atoms with Crippen LogP contribution in [0.3, 0.4) is 0 Å². The lowest BCUT2D eigenvalue weighted by molar-refractivity contribution is -0.147. The van der Waals surface area contributed by atoms with Crippen molar-refractivity contribution in [3.05, 3.63) is 52.5 Å². The number of esters is 1. The van der Waals surface area contributed by atoms with Gasteiger partial charge >= 0.3 is 5.97 Å². The minimum absolute atomic E-state index is 0.355. The topological polar surface area (TPSA) is 54.0 Å².